The first-order valence-corrected chi connectivity index (χ1v) is 4.79. The van der Waals surface area contributed by atoms with Crippen molar-refractivity contribution in [3.05, 3.63) is 0 Å². The number of rotatable bonds is 3. The van der Waals surface area contributed by atoms with E-state index in [9.17, 15) is 4.79 Å². The maximum absolute atomic E-state index is 11.7. The van der Waals surface area contributed by atoms with E-state index in [2.05, 4.69) is 5.32 Å². The summed E-state index contributed by atoms with van der Waals surface area (Å²) in [4.78, 5) is 13.6. The summed E-state index contributed by atoms with van der Waals surface area (Å²) in [7, 11) is 0. The highest BCUT2D eigenvalue weighted by molar-refractivity contribution is 5.79. The van der Waals surface area contributed by atoms with E-state index in [1.807, 2.05) is 18.7 Å². The fourth-order valence-electron chi connectivity index (χ4n) is 1.66. The van der Waals surface area contributed by atoms with Crippen molar-refractivity contribution in [2.24, 2.45) is 5.92 Å². The number of amides is 1. The average Bonchev–Trinajstić information content (AvgIpc) is 2.58. The van der Waals surface area contributed by atoms with Gasteiger partial charge in [-0.1, -0.05) is 0 Å². The summed E-state index contributed by atoms with van der Waals surface area (Å²) >= 11 is 0. The molecule has 0 radical (unpaired) electrons. The first-order valence-electron chi connectivity index (χ1n) is 4.79. The van der Waals surface area contributed by atoms with Crippen molar-refractivity contribution in [1.29, 1.82) is 0 Å². The maximum Gasteiger partial charge on any atom is 0.226 e. The predicted octanol–water partition coefficient (Wildman–Crippen LogP) is 0.464. The van der Waals surface area contributed by atoms with Gasteiger partial charge in [-0.15, -0.1) is 0 Å². The van der Waals surface area contributed by atoms with E-state index in [1.54, 1.807) is 0 Å². The Morgan fingerprint density at radius 3 is 2.58 bits per heavy atom. The molecule has 70 valence electrons. The van der Waals surface area contributed by atoms with E-state index in [0.717, 1.165) is 32.6 Å². The predicted molar refractivity (Wildman–Crippen MR) is 48.9 cm³/mol. The van der Waals surface area contributed by atoms with Gasteiger partial charge in [0.2, 0.25) is 5.91 Å². The molecule has 3 heteroatoms. The highest BCUT2D eigenvalue weighted by Crippen LogP contribution is 2.11. The van der Waals surface area contributed by atoms with E-state index < -0.39 is 0 Å². The molecule has 1 atom stereocenters. The van der Waals surface area contributed by atoms with Crippen LogP contribution in [0.2, 0.25) is 0 Å². The van der Waals surface area contributed by atoms with Gasteiger partial charge in [0.15, 0.2) is 0 Å². The van der Waals surface area contributed by atoms with Crippen LogP contribution in [-0.2, 0) is 4.79 Å². The molecule has 0 aromatic rings. The van der Waals surface area contributed by atoms with Gasteiger partial charge < -0.3 is 10.2 Å². The normalized spacial score (nSPS) is 22.7. The molecule has 1 heterocycles. The van der Waals surface area contributed by atoms with E-state index in [4.69, 9.17) is 0 Å². The minimum absolute atomic E-state index is 0.241. The molecular weight excluding hydrogens is 152 g/mol. The standard InChI is InChI=1S/C9H18N2O/c1-3-11(4-2)9(12)8-5-6-10-7-8/h8,10H,3-7H2,1-2H3. The fraction of sp³-hybridized carbons (Fsp3) is 0.889. The fourth-order valence-corrected chi connectivity index (χ4v) is 1.66. The van der Waals surface area contributed by atoms with Crippen molar-refractivity contribution < 1.29 is 4.79 Å². The van der Waals surface area contributed by atoms with Crippen LogP contribution in [0.25, 0.3) is 0 Å². The summed E-state index contributed by atoms with van der Waals surface area (Å²) in [6.45, 7) is 7.61. The third kappa shape index (κ3) is 1.97. The SMILES string of the molecule is CCN(CC)C(=O)C1CCNC1. The Balaban J connectivity index is 2.43. The average molecular weight is 170 g/mol. The first-order chi connectivity index (χ1) is 5.79. The molecule has 0 spiro atoms. The molecule has 1 amide bonds. The van der Waals surface area contributed by atoms with Crippen LogP contribution >= 0.6 is 0 Å². The lowest BCUT2D eigenvalue weighted by molar-refractivity contribution is -0.134. The quantitative estimate of drug-likeness (QED) is 0.667. The van der Waals surface area contributed by atoms with Crippen LogP contribution in [0.15, 0.2) is 0 Å². The Morgan fingerprint density at radius 2 is 2.17 bits per heavy atom. The second kappa shape index (κ2) is 4.45. The van der Waals surface area contributed by atoms with E-state index in [-0.39, 0.29) is 5.92 Å². The van der Waals surface area contributed by atoms with Crippen molar-refractivity contribution in [2.45, 2.75) is 20.3 Å². The summed E-state index contributed by atoms with van der Waals surface area (Å²) in [5.41, 5.74) is 0. The Morgan fingerprint density at radius 1 is 1.50 bits per heavy atom. The number of nitrogens with zero attached hydrogens (tertiary/aromatic N) is 1. The zero-order valence-electron chi connectivity index (χ0n) is 7.97. The third-order valence-corrected chi connectivity index (χ3v) is 2.48. The molecule has 0 bridgehead atoms. The second-order valence-corrected chi connectivity index (χ2v) is 3.20. The molecule has 12 heavy (non-hydrogen) atoms. The molecule has 0 aliphatic carbocycles. The van der Waals surface area contributed by atoms with Crippen molar-refractivity contribution in [3.8, 4) is 0 Å². The largest absolute Gasteiger partial charge is 0.343 e. The highest BCUT2D eigenvalue weighted by atomic mass is 16.2. The first kappa shape index (κ1) is 9.52. The van der Waals surface area contributed by atoms with Gasteiger partial charge in [0.25, 0.3) is 0 Å². The van der Waals surface area contributed by atoms with Gasteiger partial charge in [-0.25, -0.2) is 0 Å². The van der Waals surface area contributed by atoms with E-state index in [1.165, 1.54) is 0 Å². The van der Waals surface area contributed by atoms with Gasteiger partial charge in [0.05, 0.1) is 5.92 Å². The summed E-state index contributed by atoms with van der Waals surface area (Å²) in [6, 6.07) is 0. The summed E-state index contributed by atoms with van der Waals surface area (Å²) in [5.74, 6) is 0.565. The van der Waals surface area contributed by atoms with Crippen LogP contribution in [0.5, 0.6) is 0 Å². The molecule has 3 nitrogen and oxygen atoms in total. The van der Waals surface area contributed by atoms with Gasteiger partial charge in [0.1, 0.15) is 0 Å². The lowest BCUT2D eigenvalue weighted by atomic mass is 10.1. The van der Waals surface area contributed by atoms with Crippen LogP contribution in [-0.4, -0.2) is 37.0 Å². The number of carbonyl (C=O) groups is 1. The smallest absolute Gasteiger partial charge is 0.226 e. The molecule has 1 unspecified atom stereocenters. The molecule has 1 N–H and O–H groups in total. The minimum atomic E-state index is 0.241. The van der Waals surface area contributed by atoms with Crippen molar-refractivity contribution in [3.63, 3.8) is 0 Å². The van der Waals surface area contributed by atoms with Crippen LogP contribution in [0.3, 0.4) is 0 Å². The molecule has 1 rings (SSSR count). The van der Waals surface area contributed by atoms with Gasteiger partial charge in [0, 0.05) is 19.6 Å². The summed E-state index contributed by atoms with van der Waals surface area (Å²) in [5, 5.41) is 3.21. The Bertz CT molecular complexity index is 145. The zero-order valence-corrected chi connectivity index (χ0v) is 7.97. The third-order valence-electron chi connectivity index (χ3n) is 2.48. The maximum atomic E-state index is 11.7. The Kier molecular flexibility index (Phi) is 3.53. The van der Waals surface area contributed by atoms with Gasteiger partial charge in [-0.05, 0) is 26.8 Å². The van der Waals surface area contributed by atoms with Crippen LogP contribution in [0, 0.1) is 5.92 Å². The molecule has 1 fully saturated rings. The topological polar surface area (TPSA) is 32.3 Å². The zero-order chi connectivity index (χ0) is 8.97. The molecule has 0 saturated carbocycles. The number of nitrogens with one attached hydrogen (secondary N) is 1. The monoisotopic (exact) mass is 170 g/mol. The minimum Gasteiger partial charge on any atom is -0.343 e. The highest BCUT2D eigenvalue weighted by Gasteiger charge is 2.25. The molecule has 0 aromatic carbocycles. The molecule has 0 aromatic heterocycles. The Hall–Kier alpha value is -0.570. The molecule has 1 saturated heterocycles. The van der Waals surface area contributed by atoms with Crippen LogP contribution < -0.4 is 5.32 Å². The molecule has 1 aliphatic rings. The van der Waals surface area contributed by atoms with E-state index in [0.29, 0.717) is 5.91 Å². The van der Waals surface area contributed by atoms with Gasteiger partial charge >= 0.3 is 0 Å². The summed E-state index contributed by atoms with van der Waals surface area (Å²) in [6.07, 6.45) is 1.01. The lowest BCUT2D eigenvalue weighted by Crippen LogP contribution is -2.36. The van der Waals surface area contributed by atoms with E-state index >= 15 is 0 Å². The van der Waals surface area contributed by atoms with Gasteiger partial charge in [-0.2, -0.15) is 0 Å². The van der Waals surface area contributed by atoms with Crippen LogP contribution in [0.4, 0.5) is 0 Å². The van der Waals surface area contributed by atoms with Crippen molar-refractivity contribution in [1.82, 2.24) is 10.2 Å². The second-order valence-electron chi connectivity index (χ2n) is 3.20. The van der Waals surface area contributed by atoms with Crippen molar-refractivity contribution >= 4 is 5.91 Å². The number of hydrogen-bond donors (Lipinski definition) is 1. The number of hydrogen-bond acceptors (Lipinski definition) is 2. The summed E-state index contributed by atoms with van der Waals surface area (Å²) < 4.78 is 0. The van der Waals surface area contributed by atoms with Crippen molar-refractivity contribution in [2.75, 3.05) is 26.2 Å². The lowest BCUT2D eigenvalue weighted by Gasteiger charge is -2.21. The van der Waals surface area contributed by atoms with Crippen LogP contribution in [0.1, 0.15) is 20.3 Å². The molecule has 1 aliphatic heterocycles. The molecular formula is C9H18N2O. The van der Waals surface area contributed by atoms with Gasteiger partial charge in [-0.3, -0.25) is 4.79 Å². The number of carbonyl (C=O) groups excluding carboxylic acids is 1. The Labute approximate surface area is 74.1 Å².